The van der Waals surface area contributed by atoms with E-state index in [9.17, 15) is 4.79 Å². The van der Waals surface area contributed by atoms with E-state index in [-0.39, 0.29) is 5.91 Å². The number of hydrogen-bond acceptors (Lipinski definition) is 2. The van der Waals surface area contributed by atoms with Gasteiger partial charge in [-0.3, -0.25) is 9.69 Å². The lowest BCUT2D eigenvalue weighted by Crippen LogP contribution is -2.42. The minimum absolute atomic E-state index is 0.0576. The van der Waals surface area contributed by atoms with Crippen LogP contribution < -0.4 is 10.8 Å². The third-order valence-corrected chi connectivity index (χ3v) is 3.36. The van der Waals surface area contributed by atoms with E-state index in [0.717, 1.165) is 17.6 Å². The summed E-state index contributed by atoms with van der Waals surface area (Å²) in [5.41, 5.74) is 1.71. The van der Waals surface area contributed by atoms with Crippen molar-refractivity contribution in [3.8, 4) is 0 Å². The van der Waals surface area contributed by atoms with E-state index >= 15 is 0 Å². The Morgan fingerprint density at radius 1 is 1.15 bits per heavy atom. The Bertz CT molecular complexity index is 407. The van der Waals surface area contributed by atoms with Gasteiger partial charge in [0, 0.05) is 25.2 Å². The Morgan fingerprint density at radius 2 is 1.70 bits per heavy atom. The highest BCUT2D eigenvalue weighted by Gasteiger charge is 2.13. The second-order valence-electron chi connectivity index (χ2n) is 5.69. The predicted octanol–water partition coefficient (Wildman–Crippen LogP) is 1.26. The highest BCUT2D eigenvalue weighted by Crippen LogP contribution is 2.03. The van der Waals surface area contributed by atoms with Gasteiger partial charge in [0.2, 0.25) is 5.91 Å². The number of nitrogens with one attached hydrogen (secondary N) is 1. The Morgan fingerprint density at radius 3 is 2.20 bits per heavy atom. The van der Waals surface area contributed by atoms with Crippen molar-refractivity contribution in [3.05, 3.63) is 29.8 Å². The van der Waals surface area contributed by atoms with E-state index in [4.69, 9.17) is 7.85 Å². The lowest BCUT2D eigenvalue weighted by atomic mass is 9.95. The van der Waals surface area contributed by atoms with Gasteiger partial charge in [0.25, 0.3) is 0 Å². The van der Waals surface area contributed by atoms with Gasteiger partial charge in [-0.2, -0.15) is 0 Å². The molecule has 0 spiro atoms. The number of nitrogens with zero attached hydrogens (tertiary/aromatic N) is 1. The molecule has 0 aromatic heterocycles. The van der Waals surface area contributed by atoms with Crippen molar-refractivity contribution in [3.63, 3.8) is 0 Å². The van der Waals surface area contributed by atoms with E-state index in [2.05, 4.69) is 37.9 Å². The molecule has 1 rings (SSSR count). The molecule has 108 valence electrons. The van der Waals surface area contributed by atoms with Gasteiger partial charge in [-0.15, -0.1) is 0 Å². The molecule has 0 saturated heterocycles. The molecule has 0 fully saturated rings. The average Bonchev–Trinajstić information content (AvgIpc) is 2.36. The van der Waals surface area contributed by atoms with Gasteiger partial charge >= 0.3 is 0 Å². The standard InChI is InChI=1S/C16H25BN2O/c1-12(2)19(13(3)4)10-9-18-16(20)11-14-5-7-15(17)8-6-14/h5-8,12-13H,9-11H2,1-4H3,(H,18,20). The first-order valence-electron chi connectivity index (χ1n) is 7.27. The van der Waals surface area contributed by atoms with Crippen molar-refractivity contribution in [2.45, 2.75) is 46.2 Å². The van der Waals surface area contributed by atoms with Crippen LogP contribution in [0.4, 0.5) is 0 Å². The van der Waals surface area contributed by atoms with Crippen LogP contribution in [0.15, 0.2) is 24.3 Å². The van der Waals surface area contributed by atoms with Gasteiger partial charge in [-0.05, 0) is 33.3 Å². The van der Waals surface area contributed by atoms with Crippen LogP contribution >= 0.6 is 0 Å². The Balaban J connectivity index is 2.34. The summed E-state index contributed by atoms with van der Waals surface area (Å²) in [6.07, 6.45) is 0.406. The largest absolute Gasteiger partial charge is 0.355 e. The third-order valence-electron chi connectivity index (χ3n) is 3.36. The quantitative estimate of drug-likeness (QED) is 0.758. The molecule has 0 bridgehead atoms. The summed E-state index contributed by atoms with van der Waals surface area (Å²) in [4.78, 5) is 14.2. The molecule has 1 N–H and O–H groups in total. The lowest BCUT2D eigenvalue weighted by Gasteiger charge is -2.30. The van der Waals surface area contributed by atoms with Crippen molar-refractivity contribution in [2.75, 3.05) is 13.1 Å². The van der Waals surface area contributed by atoms with Gasteiger partial charge in [-0.1, -0.05) is 29.7 Å². The van der Waals surface area contributed by atoms with Crippen LogP contribution in [0, 0.1) is 0 Å². The first-order valence-corrected chi connectivity index (χ1v) is 7.27. The highest BCUT2D eigenvalue weighted by molar-refractivity contribution is 6.32. The first kappa shape index (κ1) is 16.8. The van der Waals surface area contributed by atoms with Crippen LogP contribution in [-0.4, -0.2) is 43.8 Å². The van der Waals surface area contributed by atoms with Crippen LogP contribution in [0.2, 0.25) is 0 Å². The van der Waals surface area contributed by atoms with E-state index in [0.29, 0.717) is 25.0 Å². The van der Waals surface area contributed by atoms with Crippen LogP contribution in [0.3, 0.4) is 0 Å². The molecule has 0 atom stereocenters. The van der Waals surface area contributed by atoms with Crippen molar-refractivity contribution in [2.24, 2.45) is 0 Å². The highest BCUT2D eigenvalue weighted by atomic mass is 16.1. The van der Waals surface area contributed by atoms with Gasteiger partial charge < -0.3 is 5.32 Å². The molecule has 1 amide bonds. The van der Waals surface area contributed by atoms with Crippen LogP contribution in [0.1, 0.15) is 33.3 Å². The minimum atomic E-state index is 0.0576. The van der Waals surface area contributed by atoms with Crippen molar-refractivity contribution < 1.29 is 4.79 Å². The molecule has 3 nitrogen and oxygen atoms in total. The van der Waals surface area contributed by atoms with E-state index in [1.54, 1.807) is 0 Å². The maximum atomic E-state index is 11.9. The summed E-state index contributed by atoms with van der Waals surface area (Å²) < 4.78 is 0. The number of carbonyl (C=O) groups is 1. The number of hydrogen-bond donors (Lipinski definition) is 1. The molecule has 0 aliphatic rings. The summed E-state index contributed by atoms with van der Waals surface area (Å²) in [5.74, 6) is 0.0576. The maximum absolute atomic E-state index is 11.9. The smallest absolute Gasteiger partial charge is 0.224 e. The molecular formula is C16H25BN2O. The van der Waals surface area contributed by atoms with Gasteiger partial charge in [0.1, 0.15) is 7.85 Å². The summed E-state index contributed by atoms with van der Waals surface area (Å²) in [7, 11) is 5.62. The van der Waals surface area contributed by atoms with Gasteiger partial charge in [0.15, 0.2) is 0 Å². The Labute approximate surface area is 124 Å². The zero-order valence-corrected chi connectivity index (χ0v) is 13.0. The second-order valence-corrected chi connectivity index (χ2v) is 5.69. The van der Waals surface area contributed by atoms with Crippen LogP contribution in [-0.2, 0) is 11.2 Å². The molecule has 0 aliphatic carbocycles. The fraction of sp³-hybridized carbons (Fsp3) is 0.562. The average molecular weight is 272 g/mol. The number of rotatable bonds is 7. The summed E-state index contributed by atoms with van der Waals surface area (Å²) in [5, 5.41) is 2.97. The Hall–Kier alpha value is -1.29. The second kappa shape index (κ2) is 8.10. The fourth-order valence-electron chi connectivity index (χ4n) is 2.32. The van der Waals surface area contributed by atoms with Crippen LogP contribution in [0.5, 0.6) is 0 Å². The summed E-state index contributed by atoms with van der Waals surface area (Å²) in [6, 6.07) is 8.41. The molecule has 20 heavy (non-hydrogen) atoms. The molecule has 0 unspecified atom stereocenters. The van der Waals surface area contributed by atoms with E-state index in [1.165, 1.54) is 0 Å². The third kappa shape index (κ3) is 5.78. The molecule has 1 aromatic rings. The van der Waals surface area contributed by atoms with Gasteiger partial charge in [0.05, 0.1) is 6.42 Å². The molecule has 2 radical (unpaired) electrons. The van der Waals surface area contributed by atoms with Crippen molar-refractivity contribution in [1.82, 2.24) is 10.2 Å². The van der Waals surface area contributed by atoms with Crippen LogP contribution in [0.25, 0.3) is 0 Å². The fourth-order valence-corrected chi connectivity index (χ4v) is 2.32. The SMILES string of the molecule is [B]c1ccc(CC(=O)NCCN(C(C)C)C(C)C)cc1. The molecule has 0 heterocycles. The van der Waals surface area contributed by atoms with Crippen molar-refractivity contribution in [1.29, 1.82) is 0 Å². The molecule has 0 saturated carbocycles. The lowest BCUT2D eigenvalue weighted by molar-refractivity contribution is -0.120. The van der Waals surface area contributed by atoms with Crippen molar-refractivity contribution >= 4 is 19.2 Å². The van der Waals surface area contributed by atoms with Gasteiger partial charge in [-0.25, -0.2) is 0 Å². The predicted molar refractivity (Wildman–Crippen MR) is 85.5 cm³/mol. The Kier molecular flexibility index (Phi) is 6.79. The summed E-state index contributed by atoms with van der Waals surface area (Å²) in [6.45, 7) is 10.3. The monoisotopic (exact) mass is 272 g/mol. The molecule has 0 aliphatic heterocycles. The number of benzene rings is 1. The minimum Gasteiger partial charge on any atom is -0.355 e. The molecule has 1 aromatic carbocycles. The van der Waals surface area contributed by atoms with E-state index < -0.39 is 0 Å². The maximum Gasteiger partial charge on any atom is 0.224 e. The number of carbonyl (C=O) groups excluding carboxylic acids is 1. The molecule has 4 heteroatoms. The number of amides is 1. The first-order chi connectivity index (χ1) is 9.40. The topological polar surface area (TPSA) is 32.3 Å². The zero-order chi connectivity index (χ0) is 15.1. The zero-order valence-electron chi connectivity index (χ0n) is 13.0. The van der Waals surface area contributed by atoms with E-state index in [1.807, 2.05) is 24.3 Å². The normalized spacial score (nSPS) is 11.3. The molecular weight excluding hydrogens is 247 g/mol. The summed E-state index contributed by atoms with van der Waals surface area (Å²) >= 11 is 0.